The highest BCUT2D eigenvalue weighted by atomic mass is 32.2. The number of hydrogen-bond acceptors (Lipinski definition) is 3. The first-order valence-corrected chi connectivity index (χ1v) is 9.03. The summed E-state index contributed by atoms with van der Waals surface area (Å²) in [5.41, 5.74) is 3.42. The van der Waals surface area contributed by atoms with Crippen molar-refractivity contribution in [3.05, 3.63) is 95.9 Å². The Bertz CT molecular complexity index is 1060. The minimum absolute atomic E-state index is 0.243. The molecule has 3 aromatic carbocycles. The van der Waals surface area contributed by atoms with Gasteiger partial charge in [0.15, 0.2) is 0 Å². The first kappa shape index (κ1) is 16.5. The normalized spacial score (nSPS) is 11.3. The van der Waals surface area contributed by atoms with Crippen LogP contribution in [0.15, 0.2) is 88.8 Å². The maximum Gasteiger partial charge on any atom is 0.127 e. The van der Waals surface area contributed by atoms with Crippen LogP contribution in [0.2, 0.25) is 0 Å². The lowest BCUT2D eigenvalue weighted by molar-refractivity contribution is 0.628. The molecule has 0 atom stereocenters. The van der Waals surface area contributed by atoms with E-state index in [0.29, 0.717) is 0 Å². The first-order valence-electron chi connectivity index (χ1n) is 8.21. The van der Waals surface area contributed by atoms with Crippen molar-refractivity contribution < 1.29 is 4.39 Å². The van der Waals surface area contributed by atoms with E-state index >= 15 is 0 Å². The summed E-state index contributed by atoms with van der Waals surface area (Å²) in [6, 6.07) is 24.3. The van der Waals surface area contributed by atoms with Crippen molar-refractivity contribution in [2.45, 2.75) is 9.92 Å². The van der Waals surface area contributed by atoms with Crippen molar-refractivity contribution in [3.63, 3.8) is 0 Å². The van der Waals surface area contributed by atoms with Gasteiger partial charge in [0.2, 0.25) is 0 Å². The highest BCUT2D eigenvalue weighted by Crippen LogP contribution is 2.30. The Kier molecular flexibility index (Phi) is 4.75. The monoisotopic (exact) mass is 358 g/mol. The molecule has 0 saturated carbocycles. The second-order valence-corrected chi connectivity index (χ2v) is 6.76. The molecule has 0 fully saturated rings. The third-order valence-corrected chi connectivity index (χ3v) is 4.83. The van der Waals surface area contributed by atoms with Crippen LogP contribution in [0.1, 0.15) is 11.3 Å². The number of rotatable bonds is 4. The predicted octanol–water partition coefficient (Wildman–Crippen LogP) is 6.09. The Morgan fingerprint density at radius 2 is 1.35 bits per heavy atom. The maximum absolute atomic E-state index is 13.1. The van der Waals surface area contributed by atoms with Crippen molar-refractivity contribution in [2.24, 2.45) is 0 Å². The van der Waals surface area contributed by atoms with E-state index in [1.165, 1.54) is 12.1 Å². The molecule has 4 rings (SSSR count). The lowest BCUT2D eigenvalue weighted by Gasteiger charge is -2.07. The fourth-order valence-electron chi connectivity index (χ4n) is 2.53. The van der Waals surface area contributed by atoms with Crippen LogP contribution in [0, 0.1) is 5.82 Å². The molecule has 0 aliphatic carbocycles. The van der Waals surface area contributed by atoms with Gasteiger partial charge in [0.25, 0.3) is 0 Å². The number of halogens is 1. The molecular weight excluding hydrogens is 343 g/mol. The molecule has 1 aromatic heterocycles. The minimum Gasteiger partial charge on any atom is -0.244 e. The van der Waals surface area contributed by atoms with Crippen molar-refractivity contribution in [1.82, 2.24) is 9.97 Å². The third kappa shape index (κ3) is 3.81. The van der Waals surface area contributed by atoms with Crippen LogP contribution in [0.3, 0.4) is 0 Å². The summed E-state index contributed by atoms with van der Waals surface area (Å²) < 4.78 is 13.1. The Labute approximate surface area is 155 Å². The summed E-state index contributed by atoms with van der Waals surface area (Å²) in [7, 11) is 0. The molecular formula is C22H15FN2S. The summed E-state index contributed by atoms with van der Waals surface area (Å²) >= 11 is 1.58. The van der Waals surface area contributed by atoms with E-state index in [0.717, 1.165) is 32.2 Å². The van der Waals surface area contributed by atoms with Gasteiger partial charge < -0.3 is 0 Å². The Morgan fingerprint density at radius 3 is 2.08 bits per heavy atom. The fraction of sp³-hybridized carbons (Fsp3) is 0. The lowest BCUT2D eigenvalue weighted by atomic mass is 10.2. The van der Waals surface area contributed by atoms with Gasteiger partial charge in [0.05, 0.1) is 16.7 Å². The molecule has 0 spiro atoms. The molecule has 4 aromatic rings. The zero-order chi connectivity index (χ0) is 17.8. The Hall–Kier alpha value is -2.98. The number of aromatic nitrogens is 2. The van der Waals surface area contributed by atoms with Crippen molar-refractivity contribution >= 4 is 34.9 Å². The molecule has 0 bridgehead atoms. The molecule has 0 amide bonds. The van der Waals surface area contributed by atoms with Gasteiger partial charge in [-0.05, 0) is 48.0 Å². The minimum atomic E-state index is -0.243. The zero-order valence-electron chi connectivity index (χ0n) is 13.8. The molecule has 0 unspecified atom stereocenters. The predicted molar refractivity (Wildman–Crippen MR) is 105 cm³/mol. The average molecular weight is 358 g/mol. The average Bonchev–Trinajstić information content (AvgIpc) is 2.68. The van der Waals surface area contributed by atoms with Crippen LogP contribution in [-0.2, 0) is 0 Å². The van der Waals surface area contributed by atoms with E-state index in [1.54, 1.807) is 23.9 Å². The van der Waals surface area contributed by atoms with Gasteiger partial charge in [-0.3, -0.25) is 0 Å². The molecule has 126 valence electrons. The van der Waals surface area contributed by atoms with Gasteiger partial charge in [-0.25, -0.2) is 14.4 Å². The second-order valence-electron chi connectivity index (χ2n) is 5.70. The van der Waals surface area contributed by atoms with E-state index in [4.69, 9.17) is 9.97 Å². The van der Waals surface area contributed by atoms with E-state index in [-0.39, 0.29) is 5.82 Å². The molecule has 0 aliphatic rings. The molecule has 0 saturated heterocycles. The lowest BCUT2D eigenvalue weighted by Crippen LogP contribution is -1.93. The second kappa shape index (κ2) is 7.50. The summed E-state index contributed by atoms with van der Waals surface area (Å²) in [6.07, 6.45) is 3.85. The number of hydrogen-bond donors (Lipinski definition) is 0. The SMILES string of the molecule is Fc1ccc(C=Cc2nc3ccccc3nc2Sc2ccccc2)cc1. The summed E-state index contributed by atoms with van der Waals surface area (Å²) in [5, 5.41) is 0.841. The number of fused-ring (bicyclic) bond motifs is 1. The quantitative estimate of drug-likeness (QED) is 0.441. The Morgan fingerprint density at radius 1 is 0.692 bits per heavy atom. The Balaban J connectivity index is 1.75. The van der Waals surface area contributed by atoms with Gasteiger partial charge in [-0.2, -0.15) is 0 Å². The molecule has 0 N–H and O–H groups in total. The summed E-state index contributed by atoms with van der Waals surface area (Å²) in [6.45, 7) is 0. The van der Waals surface area contributed by atoms with Gasteiger partial charge in [0, 0.05) is 4.90 Å². The van der Waals surface area contributed by atoms with Crippen LogP contribution in [0.4, 0.5) is 4.39 Å². The molecule has 0 aliphatic heterocycles. The van der Waals surface area contributed by atoms with E-state index in [1.807, 2.05) is 54.6 Å². The highest BCUT2D eigenvalue weighted by molar-refractivity contribution is 7.99. The molecule has 0 radical (unpaired) electrons. The zero-order valence-corrected chi connectivity index (χ0v) is 14.7. The fourth-order valence-corrected chi connectivity index (χ4v) is 3.41. The molecule has 2 nitrogen and oxygen atoms in total. The van der Waals surface area contributed by atoms with Gasteiger partial charge in [-0.15, -0.1) is 0 Å². The number of nitrogens with zero attached hydrogens (tertiary/aromatic N) is 2. The topological polar surface area (TPSA) is 25.8 Å². The van der Waals surface area contributed by atoms with Crippen LogP contribution in [0.5, 0.6) is 0 Å². The molecule has 26 heavy (non-hydrogen) atoms. The standard InChI is InChI=1S/C22H15FN2S/c23-17-13-10-16(11-14-17)12-15-21-22(26-18-6-2-1-3-7-18)25-20-9-5-4-8-19(20)24-21/h1-15H. The van der Waals surface area contributed by atoms with E-state index in [2.05, 4.69) is 12.1 Å². The largest absolute Gasteiger partial charge is 0.244 e. The third-order valence-electron chi connectivity index (χ3n) is 3.83. The summed E-state index contributed by atoms with van der Waals surface area (Å²) in [4.78, 5) is 10.7. The van der Waals surface area contributed by atoms with Gasteiger partial charge >= 0.3 is 0 Å². The smallest absolute Gasteiger partial charge is 0.127 e. The number of para-hydroxylation sites is 2. The van der Waals surface area contributed by atoms with Gasteiger partial charge in [-0.1, -0.05) is 60.3 Å². The van der Waals surface area contributed by atoms with Crippen molar-refractivity contribution in [2.75, 3.05) is 0 Å². The van der Waals surface area contributed by atoms with Crippen LogP contribution in [0.25, 0.3) is 23.2 Å². The van der Waals surface area contributed by atoms with Crippen LogP contribution in [-0.4, -0.2) is 9.97 Å². The summed E-state index contributed by atoms with van der Waals surface area (Å²) in [5.74, 6) is -0.243. The van der Waals surface area contributed by atoms with Crippen LogP contribution < -0.4 is 0 Å². The first-order chi connectivity index (χ1) is 12.8. The number of benzene rings is 3. The molecule has 4 heteroatoms. The highest BCUT2D eigenvalue weighted by Gasteiger charge is 2.08. The van der Waals surface area contributed by atoms with E-state index < -0.39 is 0 Å². The van der Waals surface area contributed by atoms with E-state index in [9.17, 15) is 4.39 Å². The van der Waals surface area contributed by atoms with Gasteiger partial charge in [0.1, 0.15) is 10.8 Å². The van der Waals surface area contributed by atoms with Crippen molar-refractivity contribution in [3.8, 4) is 0 Å². The maximum atomic E-state index is 13.1. The van der Waals surface area contributed by atoms with Crippen molar-refractivity contribution in [1.29, 1.82) is 0 Å². The molecule has 1 heterocycles. The van der Waals surface area contributed by atoms with Crippen LogP contribution >= 0.6 is 11.8 Å².